The Hall–Kier alpha value is -3.69. The van der Waals surface area contributed by atoms with Gasteiger partial charge in [0.05, 0.1) is 30.6 Å². The van der Waals surface area contributed by atoms with E-state index >= 15 is 0 Å². The quantitative estimate of drug-likeness (QED) is 0.227. The molecule has 1 amide bonds. The maximum atomic E-state index is 12.1. The topological polar surface area (TPSA) is 71.4 Å². The van der Waals surface area contributed by atoms with Crippen molar-refractivity contribution in [2.75, 3.05) is 17.3 Å². The summed E-state index contributed by atoms with van der Waals surface area (Å²) < 4.78 is 8.97. The number of amides is 1. The summed E-state index contributed by atoms with van der Waals surface area (Å²) in [5, 5.41) is 7.04. The molecule has 0 radical (unpaired) electrons. The molecule has 2 aromatic heterocycles. The van der Waals surface area contributed by atoms with Gasteiger partial charge in [-0.2, -0.15) is 0 Å². The third-order valence-electron chi connectivity index (χ3n) is 7.03. The molecule has 9 heteroatoms. The lowest BCUT2D eigenvalue weighted by atomic mass is 9.96. The summed E-state index contributed by atoms with van der Waals surface area (Å²) >= 11 is 9.48. The Morgan fingerprint density at radius 2 is 1.85 bits per heavy atom. The number of nitrogens with one attached hydrogen (secondary N) is 2. The largest absolute Gasteiger partial charge is 0.494 e. The van der Waals surface area contributed by atoms with Crippen molar-refractivity contribution < 1.29 is 9.53 Å². The van der Waals surface area contributed by atoms with Gasteiger partial charge in [-0.15, -0.1) is 0 Å². The van der Waals surface area contributed by atoms with E-state index in [0.29, 0.717) is 23.0 Å². The minimum absolute atomic E-state index is 0.0760. The zero-order valence-corrected chi connectivity index (χ0v) is 24.6. The van der Waals surface area contributed by atoms with Gasteiger partial charge in [0.1, 0.15) is 5.75 Å². The van der Waals surface area contributed by atoms with E-state index in [0.717, 1.165) is 38.5 Å². The summed E-state index contributed by atoms with van der Waals surface area (Å²) in [6.45, 7) is 6.08. The standard InChI is InChI=1S/C30H30BrN5O2S/c1-5-27(37)33-24-14-13-22(17-26(24)38-4)36-29(28(34-30(36)39)25-8-6-7-15-32-25)23-16-18(2)35(19(23)3)21-11-9-20(31)10-12-21/h6-17,28-29H,5H2,1-4H3,(H,33,37)(H,34,39)/t28-,29+/m1/s1. The molecule has 1 aliphatic rings. The van der Waals surface area contributed by atoms with Crippen molar-refractivity contribution in [1.29, 1.82) is 0 Å². The summed E-state index contributed by atoms with van der Waals surface area (Å²) in [5.41, 5.74) is 6.86. The zero-order chi connectivity index (χ0) is 27.7. The molecule has 5 rings (SSSR count). The van der Waals surface area contributed by atoms with Gasteiger partial charge in [0.25, 0.3) is 0 Å². The van der Waals surface area contributed by atoms with Crippen LogP contribution >= 0.6 is 28.1 Å². The molecule has 1 aliphatic heterocycles. The third-order valence-corrected chi connectivity index (χ3v) is 7.87. The summed E-state index contributed by atoms with van der Waals surface area (Å²) in [6.07, 6.45) is 2.19. The molecule has 200 valence electrons. The molecule has 4 aromatic rings. The lowest BCUT2D eigenvalue weighted by molar-refractivity contribution is -0.115. The van der Waals surface area contributed by atoms with E-state index in [1.54, 1.807) is 13.3 Å². The van der Waals surface area contributed by atoms with Gasteiger partial charge < -0.3 is 24.8 Å². The van der Waals surface area contributed by atoms with Crippen LogP contribution < -0.4 is 20.3 Å². The molecule has 0 saturated carbocycles. The Kier molecular flexibility index (Phi) is 7.72. The second kappa shape index (κ2) is 11.2. The molecule has 0 aliphatic carbocycles. The Balaban J connectivity index is 1.64. The van der Waals surface area contributed by atoms with Crippen LogP contribution in [0, 0.1) is 13.8 Å². The first-order valence-corrected chi connectivity index (χ1v) is 14.0. The van der Waals surface area contributed by atoms with Gasteiger partial charge in [-0.25, -0.2) is 0 Å². The minimum Gasteiger partial charge on any atom is -0.494 e. The lowest BCUT2D eigenvalue weighted by Gasteiger charge is -2.29. The highest BCUT2D eigenvalue weighted by molar-refractivity contribution is 9.10. The fourth-order valence-electron chi connectivity index (χ4n) is 5.20. The highest BCUT2D eigenvalue weighted by atomic mass is 79.9. The minimum atomic E-state index is -0.178. The van der Waals surface area contributed by atoms with E-state index in [-0.39, 0.29) is 18.0 Å². The number of carbonyl (C=O) groups excluding carboxylic acids is 1. The number of methoxy groups -OCH3 is 1. The summed E-state index contributed by atoms with van der Waals surface area (Å²) in [5.74, 6) is 0.491. The highest BCUT2D eigenvalue weighted by Crippen LogP contribution is 2.45. The van der Waals surface area contributed by atoms with Gasteiger partial charge in [-0.1, -0.05) is 28.9 Å². The summed E-state index contributed by atoms with van der Waals surface area (Å²) in [7, 11) is 1.60. The molecule has 2 aromatic carbocycles. The van der Waals surface area contributed by atoms with Gasteiger partial charge in [0, 0.05) is 45.9 Å². The molecular formula is C30H30BrN5O2S. The number of benzene rings is 2. The number of aromatic nitrogens is 2. The van der Waals surface area contributed by atoms with Crippen LogP contribution in [0.1, 0.15) is 48.1 Å². The molecule has 2 atom stereocenters. The first-order chi connectivity index (χ1) is 18.8. The van der Waals surface area contributed by atoms with Crippen LogP contribution in [-0.2, 0) is 4.79 Å². The SMILES string of the molecule is CCC(=O)Nc1ccc(N2C(=S)N[C@H](c3ccccn3)[C@@H]2c2cc(C)n(-c3ccc(Br)cc3)c2C)cc1OC. The molecule has 39 heavy (non-hydrogen) atoms. The molecule has 1 fully saturated rings. The van der Waals surface area contributed by atoms with Gasteiger partial charge in [-0.05, 0) is 86.2 Å². The van der Waals surface area contributed by atoms with Crippen molar-refractivity contribution in [3.8, 4) is 11.4 Å². The third kappa shape index (κ3) is 5.16. The van der Waals surface area contributed by atoms with E-state index < -0.39 is 0 Å². The molecule has 3 heterocycles. The number of thiocarbonyl (C=S) groups is 1. The summed E-state index contributed by atoms with van der Waals surface area (Å²) in [6, 6.07) is 21.9. The van der Waals surface area contributed by atoms with Crippen LogP contribution in [0.3, 0.4) is 0 Å². The molecule has 0 unspecified atom stereocenters. The molecule has 0 spiro atoms. The van der Waals surface area contributed by atoms with Crippen LogP contribution in [0.25, 0.3) is 5.69 Å². The first-order valence-electron chi connectivity index (χ1n) is 12.8. The van der Waals surface area contributed by atoms with Crippen molar-refractivity contribution >= 4 is 50.5 Å². The number of ether oxygens (including phenoxy) is 1. The Labute approximate surface area is 242 Å². The molecule has 1 saturated heterocycles. The molecule has 2 N–H and O–H groups in total. The maximum absolute atomic E-state index is 12.1. The predicted octanol–water partition coefficient (Wildman–Crippen LogP) is 6.79. The lowest BCUT2D eigenvalue weighted by Crippen LogP contribution is -2.29. The maximum Gasteiger partial charge on any atom is 0.224 e. The summed E-state index contributed by atoms with van der Waals surface area (Å²) in [4.78, 5) is 18.9. The molecule has 0 bridgehead atoms. The highest BCUT2D eigenvalue weighted by Gasteiger charge is 2.42. The molecule has 7 nitrogen and oxygen atoms in total. The zero-order valence-electron chi connectivity index (χ0n) is 22.2. The van der Waals surface area contributed by atoms with Gasteiger partial charge in [0.2, 0.25) is 5.91 Å². The smallest absolute Gasteiger partial charge is 0.224 e. The van der Waals surface area contributed by atoms with E-state index in [1.165, 1.54) is 0 Å². The number of rotatable bonds is 7. The number of hydrogen-bond donors (Lipinski definition) is 2. The number of hydrogen-bond acceptors (Lipinski definition) is 4. The predicted molar refractivity (Wildman–Crippen MR) is 163 cm³/mol. The van der Waals surface area contributed by atoms with Gasteiger partial charge in [0.15, 0.2) is 5.11 Å². The Bertz CT molecular complexity index is 1520. The van der Waals surface area contributed by atoms with Gasteiger partial charge >= 0.3 is 0 Å². The Morgan fingerprint density at radius 3 is 2.51 bits per heavy atom. The van der Waals surface area contributed by atoms with Crippen molar-refractivity contribution in [2.24, 2.45) is 0 Å². The van der Waals surface area contributed by atoms with Crippen molar-refractivity contribution in [3.05, 3.63) is 100 Å². The molecular weight excluding hydrogens is 574 g/mol. The van der Waals surface area contributed by atoms with E-state index in [2.05, 4.69) is 73.1 Å². The average molecular weight is 605 g/mol. The Morgan fingerprint density at radius 1 is 1.10 bits per heavy atom. The number of aryl methyl sites for hydroxylation is 1. The average Bonchev–Trinajstić information content (AvgIpc) is 3.44. The van der Waals surface area contributed by atoms with E-state index in [4.69, 9.17) is 17.0 Å². The number of halogens is 1. The van der Waals surface area contributed by atoms with E-state index in [9.17, 15) is 4.79 Å². The second-order valence-corrected chi connectivity index (χ2v) is 10.7. The fraction of sp³-hybridized carbons (Fsp3) is 0.233. The number of nitrogens with zero attached hydrogens (tertiary/aromatic N) is 3. The fourth-order valence-corrected chi connectivity index (χ4v) is 5.81. The van der Waals surface area contributed by atoms with E-state index in [1.807, 2.05) is 55.5 Å². The van der Waals surface area contributed by atoms with Crippen LogP contribution in [0.15, 0.2) is 77.4 Å². The van der Waals surface area contributed by atoms with Crippen molar-refractivity contribution in [3.63, 3.8) is 0 Å². The second-order valence-electron chi connectivity index (χ2n) is 9.42. The van der Waals surface area contributed by atoms with Gasteiger partial charge in [-0.3, -0.25) is 9.78 Å². The van der Waals surface area contributed by atoms with Crippen molar-refractivity contribution in [2.45, 2.75) is 39.3 Å². The number of pyridine rings is 1. The van der Waals surface area contributed by atoms with Crippen LogP contribution in [0.4, 0.5) is 11.4 Å². The normalized spacial score (nSPS) is 16.7. The van der Waals surface area contributed by atoms with Crippen LogP contribution in [-0.4, -0.2) is 27.7 Å². The number of carbonyl (C=O) groups is 1. The van der Waals surface area contributed by atoms with Crippen molar-refractivity contribution in [1.82, 2.24) is 14.9 Å². The van der Waals surface area contributed by atoms with Crippen LogP contribution in [0.5, 0.6) is 5.75 Å². The number of anilines is 2. The monoisotopic (exact) mass is 603 g/mol. The van der Waals surface area contributed by atoms with Crippen LogP contribution in [0.2, 0.25) is 0 Å². The first kappa shape index (κ1) is 26.9.